The van der Waals surface area contributed by atoms with E-state index in [4.69, 9.17) is 5.11 Å². The molecule has 1 aliphatic heterocycles. The van der Waals surface area contributed by atoms with Crippen molar-refractivity contribution < 1.29 is 15.0 Å². The molecule has 1 aromatic heterocycles. The molecule has 0 spiro atoms. The predicted molar refractivity (Wildman–Crippen MR) is 75.8 cm³/mol. The summed E-state index contributed by atoms with van der Waals surface area (Å²) in [6.07, 6.45) is 1.36. The molecule has 5 nitrogen and oxygen atoms in total. The van der Waals surface area contributed by atoms with Gasteiger partial charge in [0, 0.05) is 36.8 Å². The number of carboxylic acid groups (broad SMARTS) is 1. The van der Waals surface area contributed by atoms with Crippen LogP contribution in [0.25, 0.3) is 0 Å². The highest BCUT2D eigenvalue weighted by Crippen LogP contribution is 2.25. The minimum absolute atomic E-state index is 0.163. The monoisotopic (exact) mass is 284 g/mol. The summed E-state index contributed by atoms with van der Waals surface area (Å²) >= 11 is 1.62. The fourth-order valence-corrected chi connectivity index (χ4v) is 3.12. The van der Waals surface area contributed by atoms with Gasteiger partial charge in [0.15, 0.2) is 0 Å². The van der Waals surface area contributed by atoms with E-state index < -0.39 is 5.97 Å². The lowest BCUT2D eigenvalue weighted by atomic mass is 9.94. The summed E-state index contributed by atoms with van der Waals surface area (Å²) in [4.78, 5) is 13.4. The molecule has 19 heavy (non-hydrogen) atoms. The third-order valence-electron chi connectivity index (χ3n) is 3.44. The largest absolute Gasteiger partial charge is 0.481 e. The summed E-state index contributed by atoms with van der Waals surface area (Å²) in [5.41, 5.74) is 1.10. The van der Waals surface area contributed by atoms with Gasteiger partial charge >= 0.3 is 5.97 Å². The lowest BCUT2D eigenvalue weighted by Gasteiger charge is -2.37. The molecule has 1 fully saturated rings. The number of nitrogens with zero attached hydrogens (tertiary/aromatic N) is 1. The van der Waals surface area contributed by atoms with Gasteiger partial charge in [0.2, 0.25) is 0 Å². The SMILES string of the molecule is O=C(O)C1CC(NCCCO)CN(c2ccsc2)C1. The first-order valence-electron chi connectivity index (χ1n) is 6.55. The number of carboxylic acids is 1. The summed E-state index contributed by atoms with van der Waals surface area (Å²) in [5.74, 6) is -1.06. The van der Waals surface area contributed by atoms with Crippen LogP contribution in [0.3, 0.4) is 0 Å². The van der Waals surface area contributed by atoms with Gasteiger partial charge in [-0.1, -0.05) is 0 Å². The van der Waals surface area contributed by atoms with Gasteiger partial charge in [0.1, 0.15) is 0 Å². The van der Waals surface area contributed by atoms with Gasteiger partial charge in [-0.25, -0.2) is 0 Å². The zero-order valence-electron chi connectivity index (χ0n) is 10.8. The van der Waals surface area contributed by atoms with E-state index in [0.29, 0.717) is 19.4 Å². The number of piperidine rings is 1. The van der Waals surface area contributed by atoms with Crippen LogP contribution in [0.15, 0.2) is 16.8 Å². The minimum Gasteiger partial charge on any atom is -0.481 e. The van der Waals surface area contributed by atoms with Crippen molar-refractivity contribution in [1.82, 2.24) is 5.32 Å². The molecule has 2 atom stereocenters. The maximum Gasteiger partial charge on any atom is 0.308 e. The van der Waals surface area contributed by atoms with E-state index in [-0.39, 0.29) is 18.6 Å². The van der Waals surface area contributed by atoms with Crippen molar-refractivity contribution in [2.75, 3.05) is 31.1 Å². The van der Waals surface area contributed by atoms with E-state index >= 15 is 0 Å². The van der Waals surface area contributed by atoms with Crippen LogP contribution >= 0.6 is 11.3 Å². The number of carbonyl (C=O) groups is 1. The number of rotatable bonds is 6. The Hall–Kier alpha value is -1.11. The summed E-state index contributed by atoms with van der Waals surface area (Å²) in [5, 5.41) is 25.4. The topological polar surface area (TPSA) is 72.8 Å². The third-order valence-corrected chi connectivity index (χ3v) is 4.11. The van der Waals surface area contributed by atoms with E-state index in [9.17, 15) is 9.90 Å². The lowest BCUT2D eigenvalue weighted by Crippen LogP contribution is -2.51. The Labute approximate surface area is 116 Å². The molecule has 0 bridgehead atoms. The molecule has 0 aromatic carbocycles. The Morgan fingerprint density at radius 3 is 3.00 bits per heavy atom. The zero-order valence-corrected chi connectivity index (χ0v) is 11.6. The third kappa shape index (κ3) is 3.92. The van der Waals surface area contributed by atoms with Crippen LogP contribution in [-0.4, -0.2) is 48.5 Å². The molecular formula is C13H20N2O3S. The number of hydrogen-bond donors (Lipinski definition) is 3. The van der Waals surface area contributed by atoms with Gasteiger partial charge in [-0.15, -0.1) is 0 Å². The standard InChI is InChI=1S/C13H20N2O3S/c16-4-1-3-14-11-6-10(13(17)18)7-15(8-11)12-2-5-19-9-12/h2,5,9-11,14,16H,1,3-4,6-8H2,(H,17,18). The van der Waals surface area contributed by atoms with Crippen molar-refractivity contribution in [1.29, 1.82) is 0 Å². The Morgan fingerprint density at radius 1 is 1.53 bits per heavy atom. The van der Waals surface area contributed by atoms with Crippen molar-refractivity contribution in [2.24, 2.45) is 5.92 Å². The van der Waals surface area contributed by atoms with Crippen molar-refractivity contribution in [2.45, 2.75) is 18.9 Å². The summed E-state index contributed by atoms with van der Waals surface area (Å²) in [7, 11) is 0. The fourth-order valence-electron chi connectivity index (χ4n) is 2.46. The Morgan fingerprint density at radius 2 is 2.37 bits per heavy atom. The fraction of sp³-hybridized carbons (Fsp3) is 0.615. The van der Waals surface area contributed by atoms with E-state index in [1.807, 2.05) is 11.4 Å². The number of anilines is 1. The van der Waals surface area contributed by atoms with Gasteiger partial charge in [0.05, 0.1) is 5.92 Å². The second kappa shape index (κ2) is 6.88. The molecule has 106 valence electrons. The minimum atomic E-state index is -0.728. The molecule has 2 heterocycles. The molecule has 0 amide bonds. The number of nitrogens with one attached hydrogen (secondary N) is 1. The van der Waals surface area contributed by atoms with Crippen molar-refractivity contribution in [3.05, 3.63) is 16.8 Å². The highest BCUT2D eigenvalue weighted by molar-refractivity contribution is 7.08. The molecule has 0 aliphatic carbocycles. The predicted octanol–water partition coefficient (Wildman–Crippen LogP) is 1.000. The number of hydrogen-bond acceptors (Lipinski definition) is 5. The van der Waals surface area contributed by atoms with Crippen LogP contribution in [0.1, 0.15) is 12.8 Å². The second-order valence-corrected chi connectivity index (χ2v) is 5.67. The number of aliphatic hydroxyl groups excluding tert-OH is 1. The molecule has 0 radical (unpaired) electrons. The normalized spacial score (nSPS) is 23.5. The molecular weight excluding hydrogens is 264 g/mol. The number of aliphatic carboxylic acids is 1. The molecule has 2 unspecified atom stereocenters. The van der Waals surface area contributed by atoms with E-state index in [2.05, 4.69) is 15.6 Å². The van der Waals surface area contributed by atoms with Crippen LogP contribution in [0.4, 0.5) is 5.69 Å². The zero-order chi connectivity index (χ0) is 13.7. The molecule has 1 aliphatic rings. The second-order valence-electron chi connectivity index (χ2n) is 4.89. The van der Waals surface area contributed by atoms with Crippen LogP contribution in [0.2, 0.25) is 0 Å². The van der Waals surface area contributed by atoms with Gasteiger partial charge in [-0.3, -0.25) is 4.79 Å². The van der Waals surface area contributed by atoms with Gasteiger partial charge in [-0.05, 0) is 30.8 Å². The first-order chi connectivity index (χ1) is 9.20. The van der Waals surface area contributed by atoms with E-state index in [1.54, 1.807) is 11.3 Å². The highest BCUT2D eigenvalue weighted by Gasteiger charge is 2.31. The Kier molecular flexibility index (Phi) is 5.18. The summed E-state index contributed by atoms with van der Waals surface area (Å²) in [6, 6.07) is 2.20. The molecule has 2 rings (SSSR count). The van der Waals surface area contributed by atoms with Crippen LogP contribution in [0.5, 0.6) is 0 Å². The molecule has 6 heteroatoms. The van der Waals surface area contributed by atoms with Crippen molar-refractivity contribution >= 4 is 23.0 Å². The maximum atomic E-state index is 11.3. The maximum absolute atomic E-state index is 11.3. The number of aliphatic hydroxyl groups is 1. The van der Waals surface area contributed by atoms with Gasteiger partial charge in [0.25, 0.3) is 0 Å². The average molecular weight is 284 g/mol. The van der Waals surface area contributed by atoms with Crippen LogP contribution in [-0.2, 0) is 4.79 Å². The molecule has 1 aromatic rings. The molecule has 1 saturated heterocycles. The summed E-state index contributed by atoms with van der Waals surface area (Å²) < 4.78 is 0. The van der Waals surface area contributed by atoms with Crippen molar-refractivity contribution in [3.8, 4) is 0 Å². The van der Waals surface area contributed by atoms with Crippen LogP contribution in [0, 0.1) is 5.92 Å². The van der Waals surface area contributed by atoms with Crippen molar-refractivity contribution in [3.63, 3.8) is 0 Å². The summed E-state index contributed by atoms with van der Waals surface area (Å²) in [6.45, 7) is 2.29. The molecule has 0 saturated carbocycles. The Balaban J connectivity index is 1.98. The first-order valence-corrected chi connectivity index (χ1v) is 7.49. The first kappa shape index (κ1) is 14.3. The molecule has 3 N–H and O–H groups in total. The van der Waals surface area contributed by atoms with Gasteiger partial charge in [-0.2, -0.15) is 11.3 Å². The Bertz CT molecular complexity index is 397. The van der Waals surface area contributed by atoms with Gasteiger partial charge < -0.3 is 20.4 Å². The van der Waals surface area contributed by atoms with E-state index in [1.165, 1.54) is 0 Å². The lowest BCUT2D eigenvalue weighted by molar-refractivity contribution is -0.142. The van der Waals surface area contributed by atoms with Crippen LogP contribution < -0.4 is 10.2 Å². The highest BCUT2D eigenvalue weighted by atomic mass is 32.1. The number of thiophene rings is 1. The quantitative estimate of drug-likeness (QED) is 0.680. The average Bonchev–Trinajstić information content (AvgIpc) is 2.92. The van der Waals surface area contributed by atoms with E-state index in [0.717, 1.165) is 18.8 Å². The smallest absolute Gasteiger partial charge is 0.308 e.